The molecule has 1 saturated heterocycles. The Morgan fingerprint density at radius 2 is 1.96 bits per heavy atom. The summed E-state index contributed by atoms with van der Waals surface area (Å²) in [6, 6.07) is 10.7. The first-order valence-corrected chi connectivity index (χ1v) is 7.72. The molecule has 25 heavy (non-hydrogen) atoms. The van der Waals surface area contributed by atoms with Gasteiger partial charge in [-0.05, 0) is 18.2 Å². The number of nitrogens with zero attached hydrogens (tertiary/aromatic N) is 1. The van der Waals surface area contributed by atoms with Crippen LogP contribution in [0.5, 0.6) is 5.75 Å². The average Bonchev–Trinajstić information content (AvgIpc) is 2.63. The maximum absolute atomic E-state index is 14.0. The molecule has 1 amide bonds. The van der Waals surface area contributed by atoms with Gasteiger partial charge in [0, 0.05) is 25.2 Å². The molecule has 1 fully saturated rings. The zero-order valence-corrected chi connectivity index (χ0v) is 14.5. The van der Waals surface area contributed by atoms with Crippen molar-refractivity contribution in [2.75, 3.05) is 26.7 Å². The summed E-state index contributed by atoms with van der Waals surface area (Å²) in [5, 5.41) is 3.23. The van der Waals surface area contributed by atoms with Crippen LogP contribution in [0, 0.1) is 11.6 Å². The fourth-order valence-electron chi connectivity index (χ4n) is 2.99. The molecular formula is C18H19ClF2N2O2. The summed E-state index contributed by atoms with van der Waals surface area (Å²) >= 11 is 0. The van der Waals surface area contributed by atoms with E-state index < -0.39 is 17.5 Å². The molecule has 134 valence electrons. The lowest BCUT2D eigenvalue weighted by Gasteiger charge is -2.37. The summed E-state index contributed by atoms with van der Waals surface area (Å²) in [4.78, 5) is 14.4. The number of rotatable bonds is 3. The number of para-hydroxylation sites is 1. The highest BCUT2D eigenvalue weighted by molar-refractivity contribution is 5.95. The standard InChI is InChI=1S/C18H18F2N2O2.ClH/c1-24-16-8-3-2-5-12(16)15-11-21-9-10-22(15)18(23)13-6-4-7-14(19)17(13)20;/h2-8,15,21H,9-11H2,1H3;1H. The van der Waals surface area contributed by atoms with Crippen molar-refractivity contribution in [3.8, 4) is 5.75 Å². The van der Waals surface area contributed by atoms with Crippen LogP contribution < -0.4 is 10.1 Å². The molecule has 0 aromatic heterocycles. The highest BCUT2D eigenvalue weighted by atomic mass is 35.5. The van der Waals surface area contributed by atoms with Crippen molar-refractivity contribution < 1.29 is 18.3 Å². The van der Waals surface area contributed by atoms with Gasteiger partial charge in [-0.1, -0.05) is 24.3 Å². The molecule has 0 saturated carbocycles. The van der Waals surface area contributed by atoms with Crippen molar-refractivity contribution in [2.24, 2.45) is 0 Å². The molecule has 1 N–H and O–H groups in total. The molecule has 1 aliphatic rings. The second kappa shape index (κ2) is 8.27. The fourth-order valence-corrected chi connectivity index (χ4v) is 2.99. The number of nitrogens with one attached hydrogen (secondary N) is 1. The minimum atomic E-state index is -1.11. The number of hydrogen-bond donors (Lipinski definition) is 1. The van der Waals surface area contributed by atoms with Crippen molar-refractivity contribution in [2.45, 2.75) is 6.04 Å². The second-order valence-corrected chi connectivity index (χ2v) is 5.56. The highest BCUT2D eigenvalue weighted by Gasteiger charge is 2.32. The van der Waals surface area contributed by atoms with E-state index in [1.54, 1.807) is 12.0 Å². The van der Waals surface area contributed by atoms with E-state index >= 15 is 0 Å². The molecule has 2 aromatic carbocycles. The summed E-state index contributed by atoms with van der Waals surface area (Å²) in [5.74, 6) is -2.00. The number of benzene rings is 2. The molecule has 0 radical (unpaired) electrons. The second-order valence-electron chi connectivity index (χ2n) is 5.56. The summed E-state index contributed by atoms with van der Waals surface area (Å²) in [6.45, 7) is 1.51. The fraction of sp³-hybridized carbons (Fsp3) is 0.278. The van der Waals surface area contributed by atoms with Crippen LogP contribution in [-0.4, -0.2) is 37.6 Å². The van der Waals surface area contributed by atoms with Crippen LogP contribution in [0.25, 0.3) is 0 Å². The van der Waals surface area contributed by atoms with Crippen molar-refractivity contribution in [3.63, 3.8) is 0 Å². The normalized spacial score (nSPS) is 16.9. The average molecular weight is 369 g/mol. The zero-order valence-electron chi connectivity index (χ0n) is 13.7. The van der Waals surface area contributed by atoms with Gasteiger partial charge in [0.05, 0.1) is 18.7 Å². The Hall–Kier alpha value is -2.18. The van der Waals surface area contributed by atoms with Gasteiger partial charge < -0.3 is 15.0 Å². The van der Waals surface area contributed by atoms with Crippen LogP contribution >= 0.6 is 12.4 Å². The first kappa shape index (κ1) is 19.1. The molecule has 7 heteroatoms. The summed E-state index contributed by atoms with van der Waals surface area (Å²) in [6.07, 6.45) is 0. The number of carbonyl (C=O) groups excluding carboxylic acids is 1. The van der Waals surface area contributed by atoms with E-state index in [1.165, 1.54) is 12.1 Å². The van der Waals surface area contributed by atoms with Gasteiger partial charge in [0.2, 0.25) is 0 Å². The van der Waals surface area contributed by atoms with E-state index in [1.807, 2.05) is 24.3 Å². The highest BCUT2D eigenvalue weighted by Crippen LogP contribution is 2.31. The van der Waals surface area contributed by atoms with Crippen LogP contribution in [0.1, 0.15) is 22.0 Å². The molecule has 4 nitrogen and oxygen atoms in total. The molecular weight excluding hydrogens is 350 g/mol. The van der Waals surface area contributed by atoms with Crippen molar-refractivity contribution in [1.82, 2.24) is 10.2 Å². The quantitative estimate of drug-likeness (QED) is 0.904. The molecule has 1 atom stereocenters. The number of amides is 1. The van der Waals surface area contributed by atoms with E-state index in [0.717, 1.165) is 11.6 Å². The number of carbonyl (C=O) groups is 1. The lowest BCUT2D eigenvalue weighted by atomic mass is 10.0. The van der Waals surface area contributed by atoms with Gasteiger partial charge in [0.15, 0.2) is 11.6 Å². The minimum absolute atomic E-state index is 0. The Bertz CT molecular complexity index is 758. The SMILES string of the molecule is COc1ccccc1C1CNCCN1C(=O)c1cccc(F)c1F.Cl. The van der Waals surface area contributed by atoms with Crippen molar-refractivity contribution in [3.05, 3.63) is 65.2 Å². The zero-order chi connectivity index (χ0) is 17.1. The van der Waals surface area contributed by atoms with E-state index in [-0.39, 0.29) is 24.0 Å². The van der Waals surface area contributed by atoms with Crippen LogP contribution in [-0.2, 0) is 0 Å². The third-order valence-electron chi connectivity index (χ3n) is 4.18. The number of ether oxygens (including phenoxy) is 1. The van der Waals surface area contributed by atoms with Gasteiger partial charge in [-0.2, -0.15) is 0 Å². The molecule has 0 bridgehead atoms. The molecule has 3 rings (SSSR count). The van der Waals surface area contributed by atoms with Crippen LogP contribution in [0.4, 0.5) is 8.78 Å². The first-order valence-electron chi connectivity index (χ1n) is 7.72. The maximum Gasteiger partial charge on any atom is 0.257 e. The Morgan fingerprint density at radius 3 is 2.72 bits per heavy atom. The van der Waals surface area contributed by atoms with Gasteiger partial charge in [0.1, 0.15) is 5.75 Å². The maximum atomic E-state index is 14.0. The number of piperazine rings is 1. The van der Waals surface area contributed by atoms with E-state index in [2.05, 4.69) is 5.32 Å². The number of hydrogen-bond acceptors (Lipinski definition) is 3. The van der Waals surface area contributed by atoms with Gasteiger partial charge in [-0.15, -0.1) is 12.4 Å². The van der Waals surface area contributed by atoms with Crippen molar-refractivity contribution in [1.29, 1.82) is 0 Å². The molecule has 1 unspecified atom stereocenters. The number of halogens is 3. The largest absolute Gasteiger partial charge is 0.496 e. The van der Waals surface area contributed by atoms with Gasteiger partial charge in [0.25, 0.3) is 5.91 Å². The summed E-state index contributed by atoms with van der Waals surface area (Å²) in [7, 11) is 1.56. The lowest BCUT2D eigenvalue weighted by molar-refractivity contribution is 0.0625. The third-order valence-corrected chi connectivity index (χ3v) is 4.18. The van der Waals surface area contributed by atoms with E-state index in [9.17, 15) is 13.6 Å². The summed E-state index contributed by atoms with van der Waals surface area (Å²) in [5.41, 5.74) is 0.578. The summed E-state index contributed by atoms with van der Waals surface area (Å²) < 4.78 is 32.9. The van der Waals surface area contributed by atoms with Crippen LogP contribution in [0.3, 0.4) is 0 Å². The molecule has 1 heterocycles. The first-order chi connectivity index (χ1) is 11.6. The smallest absolute Gasteiger partial charge is 0.257 e. The predicted octanol–water partition coefficient (Wildman–Crippen LogP) is 3.18. The van der Waals surface area contributed by atoms with E-state index in [4.69, 9.17) is 4.74 Å². The molecule has 1 aliphatic heterocycles. The Balaban J connectivity index is 0.00000225. The van der Waals surface area contributed by atoms with Gasteiger partial charge in [-0.3, -0.25) is 4.79 Å². The minimum Gasteiger partial charge on any atom is -0.496 e. The predicted molar refractivity (Wildman–Crippen MR) is 93.2 cm³/mol. The van der Waals surface area contributed by atoms with Gasteiger partial charge >= 0.3 is 0 Å². The Labute approximate surface area is 151 Å². The lowest BCUT2D eigenvalue weighted by Crippen LogP contribution is -2.49. The third kappa shape index (κ3) is 3.75. The number of methoxy groups -OCH3 is 1. The van der Waals surface area contributed by atoms with Crippen molar-refractivity contribution >= 4 is 18.3 Å². The Morgan fingerprint density at radius 1 is 1.20 bits per heavy atom. The molecule has 0 aliphatic carbocycles. The van der Waals surface area contributed by atoms with E-state index in [0.29, 0.717) is 25.4 Å². The van der Waals surface area contributed by atoms with Crippen LogP contribution in [0.15, 0.2) is 42.5 Å². The van der Waals surface area contributed by atoms with Crippen LogP contribution in [0.2, 0.25) is 0 Å². The molecule has 0 spiro atoms. The topological polar surface area (TPSA) is 41.6 Å². The Kier molecular flexibility index (Phi) is 6.33. The van der Waals surface area contributed by atoms with Gasteiger partial charge in [-0.25, -0.2) is 8.78 Å². The molecule has 2 aromatic rings. The monoisotopic (exact) mass is 368 g/mol.